The molecule has 1 aliphatic heterocycles. The van der Waals surface area contributed by atoms with E-state index < -0.39 is 0 Å². The summed E-state index contributed by atoms with van der Waals surface area (Å²) in [7, 11) is 0. The number of rotatable bonds is 3. The molecule has 19 heavy (non-hydrogen) atoms. The van der Waals surface area contributed by atoms with Gasteiger partial charge >= 0.3 is 0 Å². The van der Waals surface area contributed by atoms with E-state index in [0.29, 0.717) is 6.54 Å². The maximum atomic E-state index is 5.69. The van der Waals surface area contributed by atoms with E-state index in [-0.39, 0.29) is 0 Å². The van der Waals surface area contributed by atoms with E-state index in [4.69, 9.17) is 5.73 Å². The maximum Gasteiger partial charge on any atom is 0.0328 e. The average Bonchev–Trinajstić information content (AvgIpc) is 2.90. The lowest BCUT2D eigenvalue weighted by Crippen LogP contribution is -2.40. The molecule has 0 radical (unpaired) electrons. The van der Waals surface area contributed by atoms with Crippen molar-refractivity contribution in [2.75, 3.05) is 13.1 Å². The third-order valence-corrected chi connectivity index (χ3v) is 6.22. The van der Waals surface area contributed by atoms with Crippen molar-refractivity contribution in [1.82, 2.24) is 4.90 Å². The van der Waals surface area contributed by atoms with Gasteiger partial charge in [0.25, 0.3) is 0 Å². The zero-order valence-electron chi connectivity index (χ0n) is 11.9. The van der Waals surface area contributed by atoms with Crippen LogP contribution in [0, 0.1) is 5.41 Å². The Bertz CT molecular complexity index is 397. The number of piperidine rings is 1. The van der Waals surface area contributed by atoms with Gasteiger partial charge in [-0.15, -0.1) is 11.3 Å². The maximum absolute atomic E-state index is 5.69. The summed E-state index contributed by atoms with van der Waals surface area (Å²) < 4.78 is 0. The highest BCUT2D eigenvalue weighted by atomic mass is 32.1. The van der Waals surface area contributed by atoms with Gasteiger partial charge in [-0.25, -0.2) is 0 Å². The molecule has 1 aromatic heterocycles. The van der Waals surface area contributed by atoms with Crippen LogP contribution in [0.1, 0.15) is 54.7 Å². The van der Waals surface area contributed by atoms with Crippen LogP contribution in [0.5, 0.6) is 0 Å². The van der Waals surface area contributed by atoms with Gasteiger partial charge in [0, 0.05) is 22.8 Å². The summed E-state index contributed by atoms with van der Waals surface area (Å²) in [6, 6.07) is 4.45. The second-order valence-corrected chi connectivity index (χ2v) is 7.66. The number of nitrogens with two attached hydrogens (primary N) is 1. The van der Waals surface area contributed by atoms with Crippen LogP contribution in [0.15, 0.2) is 12.1 Å². The minimum atomic E-state index is 0.688. The minimum absolute atomic E-state index is 0.688. The molecule has 0 unspecified atom stereocenters. The molecule has 1 aromatic rings. The predicted molar refractivity (Wildman–Crippen MR) is 82.2 cm³/mol. The molecule has 1 saturated carbocycles. The molecule has 3 heteroatoms. The summed E-state index contributed by atoms with van der Waals surface area (Å²) in [6.07, 6.45) is 10.3. The zero-order valence-corrected chi connectivity index (χ0v) is 12.7. The fraction of sp³-hybridized carbons (Fsp3) is 0.750. The Hall–Kier alpha value is -0.380. The first kappa shape index (κ1) is 13.6. The highest BCUT2D eigenvalue weighted by molar-refractivity contribution is 7.11. The number of nitrogens with zero attached hydrogens (tertiary/aromatic N) is 1. The minimum Gasteiger partial charge on any atom is -0.326 e. The van der Waals surface area contributed by atoms with Crippen LogP contribution < -0.4 is 5.73 Å². The van der Waals surface area contributed by atoms with E-state index in [9.17, 15) is 0 Å². The lowest BCUT2D eigenvalue weighted by Gasteiger charge is -2.44. The molecule has 2 aliphatic rings. The monoisotopic (exact) mass is 278 g/mol. The van der Waals surface area contributed by atoms with E-state index >= 15 is 0 Å². The molecule has 2 fully saturated rings. The van der Waals surface area contributed by atoms with Gasteiger partial charge in [-0.1, -0.05) is 19.3 Å². The Labute approximate surface area is 121 Å². The van der Waals surface area contributed by atoms with E-state index in [1.807, 2.05) is 11.3 Å². The Morgan fingerprint density at radius 2 is 1.68 bits per heavy atom. The van der Waals surface area contributed by atoms with Gasteiger partial charge in [0.15, 0.2) is 0 Å². The van der Waals surface area contributed by atoms with Crippen LogP contribution in [0.25, 0.3) is 0 Å². The van der Waals surface area contributed by atoms with Crippen molar-refractivity contribution in [2.45, 2.75) is 58.0 Å². The van der Waals surface area contributed by atoms with E-state index in [1.54, 1.807) is 0 Å². The molecule has 2 N–H and O–H groups in total. The van der Waals surface area contributed by atoms with Gasteiger partial charge in [0.05, 0.1) is 0 Å². The fourth-order valence-electron chi connectivity index (χ4n) is 3.82. The van der Waals surface area contributed by atoms with Crippen LogP contribution in [0.4, 0.5) is 0 Å². The fourth-order valence-corrected chi connectivity index (χ4v) is 4.76. The normalized spacial score (nSPS) is 23.8. The van der Waals surface area contributed by atoms with Crippen LogP contribution >= 0.6 is 11.3 Å². The SMILES string of the molecule is NCc1ccc(CN2CCC3(CCCCC3)CC2)s1. The molecule has 0 atom stereocenters. The van der Waals surface area contributed by atoms with Crippen molar-refractivity contribution in [3.63, 3.8) is 0 Å². The molecule has 2 nitrogen and oxygen atoms in total. The lowest BCUT2D eigenvalue weighted by molar-refractivity contribution is 0.0646. The standard InChI is InChI=1S/C16H26N2S/c17-12-14-4-5-15(19-14)13-18-10-8-16(9-11-18)6-2-1-3-7-16/h4-5H,1-3,6-13,17H2. The Morgan fingerprint density at radius 3 is 2.32 bits per heavy atom. The zero-order chi connectivity index (χ0) is 13.1. The molecular formula is C16H26N2S. The second kappa shape index (κ2) is 5.94. The van der Waals surface area contributed by atoms with Crippen molar-refractivity contribution in [1.29, 1.82) is 0 Å². The summed E-state index contributed by atoms with van der Waals surface area (Å²) in [6.45, 7) is 4.43. The third kappa shape index (κ3) is 3.21. The molecule has 0 amide bonds. The Balaban J connectivity index is 1.52. The first-order valence-corrected chi connectivity index (χ1v) is 8.61. The number of hydrogen-bond donors (Lipinski definition) is 1. The van der Waals surface area contributed by atoms with Crippen LogP contribution in [-0.2, 0) is 13.1 Å². The van der Waals surface area contributed by atoms with E-state index in [1.165, 1.54) is 67.8 Å². The number of hydrogen-bond acceptors (Lipinski definition) is 3. The molecule has 106 valence electrons. The van der Waals surface area contributed by atoms with Gasteiger partial charge in [-0.05, 0) is 56.3 Å². The molecule has 3 rings (SSSR count). The summed E-state index contributed by atoms with van der Waals surface area (Å²) in [5.74, 6) is 0. The van der Waals surface area contributed by atoms with Crippen molar-refractivity contribution in [3.8, 4) is 0 Å². The average molecular weight is 278 g/mol. The number of likely N-dealkylation sites (tertiary alicyclic amines) is 1. The molecule has 0 aromatic carbocycles. The van der Waals surface area contributed by atoms with Gasteiger partial charge < -0.3 is 5.73 Å². The van der Waals surface area contributed by atoms with Crippen LogP contribution in [-0.4, -0.2) is 18.0 Å². The first-order chi connectivity index (χ1) is 9.30. The predicted octanol–water partition coefficient (Wildman–Crippen LogP) is 3.75. The number of thiophene rings is 1. The molecule has 0 bridgehead atoms. The highest BCUT2D eigenvalue weighted by Gasteiger charge is 2.35. The summed E-state index contributed by atoms with van der Waals surface area (Å²) in [5, 5.41) is 0. The Kier molecular flexibility index (Phi) is 4.25. The molecule has 2 heterocycles. The topological polar surface area (TPSA) is 29.3 Å². The summed E-state index contributed by atoms with van der Waals surface area (Å²) in [5.41, 5.74) is 6.42. The van der Waals surface area contributed by atoms with Crippen molar-refractivity contribution in [2.24, 2.45) is 11.1 Å². The molecule has 1 saturated heterocycles. The van der Waals surface area contributed by atoms with E-state index in [2.05, 4.69) is 17.0 Å². The highest BCUT2D eigenvalue weighted by Crippen LogP contribution is 2.44. The van der Waals surface area contributed by atoms with Crippen molar-refractivity contribution >= 4 is 11.3 Å². The van der Waals surface area contributed by atoms with Gasteiger partial charge in [-0.2, -0.15) is 0 Å². The lowest BCUT2D eigenvalue weighted by atomic mass is 9.68. The Morgan fingerprint density at radius 1 is 1.00 bits per heavy atom. The molecule has 1 spiro atoms. The smallest absolute Gasteiger partial charge is 0.0328 e. The first-order valence-electron chi connectivity index (χ1n) is 7.80. The van der Waals surface area contributed by atoms with Crippen LogP contribution in [0.2, 0.25) is 0 Å². The summed E-state index contributed by atoms with van der Waals surface area (Å²) in [4.78, 5) is 5.45. The molecule has 1 aliphatic carbocycles. The van der Waals surface area contributed by atoms with Gasteiger partial charge in [0.2, 0.25) is 0 Å². The van der Waals surface area contributed by atoms with Crippen molar-refractivity contribution < 1.29 is 0 Å². The van der Waals surface area contributed by atoms with Gasteiger partial charge in [0.1, 0.15) is 0 Å². The molecular weight excluding hydrogens is 252 g/mol. The largest absolute Gasteiger partial charge is 0.326 e. The van der Waals surface area contributed by atoms with Crippen LogP contribution in [0.3, 0.4) is 0 Å². The van der Waals surface area contributed by atoms with Gasteiger partial charge in [-0.3, -0.25) is 4.90 Å². The van der Waals surface area contributed by atoms with E-state index in [0.717, 1.165) is 12.0 Å². The quantitative estimate of drug-likeness (QED) is 0.912. The summed E-state index contributed by atoms with van der Waals surface area (Å²) >= 11 is 1.89. The van der Waals surface area contributed by atoms with Crippen molar-refractivity contribution in [3.05, 3.63) is 21.9 Å². The third-order valence-electron chi connectivity index (χ3n) is 5.13. The second-order valence-electron chi connectivity index (χ2n) is 6.41.